The van der Waals surface area contributed by atoms with Gasteiger partial charge in [0.05, 0.1) is 14.2 Å². The van der Waals surface area contributed by atoms with Gasteiger partial charge in [0.2, 0.25) is 11.8 Å². The summed E-state index contributed by atoms with van der Waals surface area (Å²) in [5, 5.41) is 13.6. The van der Waals surface area contributed by atoms with Gasteiger partial charge in [0.1, 0.15) is 11.8 Å². The molecule has 2 aromatic carbocycles. The molecule has 0 aliphatic rings. The van der Waals surface area contributed by atoms with Gasteiger partial charge in [0.15, 0.2) is 11.5 Å². The fourth-order valence-electron chi connectivity index (χ4n) is 3.93. The van der Waals surface area contributed by atoms with Gasteiger partial charge < -0.3 is 35.5 Å². The van der Waals surface area contributed by atoms with E-state index in [0.29, 0.717) is 36.7 Å². The van der Waals surface area contributed by atoms with Crippen molar-refractivity contribution in [2.45, 2.75) is 32.2 Å². The van der Waals surface area contributed by atoms with Gasteiger partial charge in [-0.05, 0) is 55.8 Å². The Morgan fingerprint density at radius 2 is 1.91 bits per heavy atom. The molecule has 3 rings (SSSR count). The number of ether oxygens (including phenoxy) is 2. The largest absolute Gasteiger partial charge is 0.508 e. The Balaban J connectivity index is 1.94. The number of phenols is 1. The number of rotatable bonds is 11. The Kier molecular flexibility index (Phi) is 8.37. The lowest BCUT2D eigenvalue weighted by Crippen LogP contribution is -2.50. The lowest BCUT2D eigenvalue weighted by molar-refractivity contribution is -0.127. The van der Waals surface area contributed by atoms with Crippen molar-refractivity contribution in [3.05, 3.63) is 48.2 Å². The summed E-state index contributed by atoms with van der Waals surface area (Å²) in [6.45, 7) is 2.64. The van der Waals surface area contributed by atoms with Crippen LogP contribution in [0.4, 0.5) is 5.69 Å². The highest BCUT2D eigenvalue weighted by atomic mass is 16.5. The third-order valence-electron chi connectivity index (χ3n) is 5.68. The van der Waals surface area contributed by atoms with Crippen LogP contribution in [0.15, 0.2) is 42.6 Å². The first-order chi connectivity index (χ1) is 16.4. The normalized spacial score (nSPS) is 11.8. The second kappa shape index (κ2) is 11.4. The molecule has 0 spiro atoms. The summed E-state index contributed by atoms with van der Waals surface area (Å²) < 4.78 is 10.7. The van der Waals surface area contributed by atoms with Crippen LogP contribution in [-0.2, 0) is 16.0 Å². The Hall–Kier alpha value is -3.72. The van der Waals surface area contributed by atoms with Crippen molar-refractivity contribution in [2.24, 2.45) is 5.73 Å². The van der Waals surface area contributed by atoms with Crippen molar-refractivity contribution in [3.63, 3.8) is 0 Å². The summed E-state index contributed by atoms with van der Waals surface area (Å²) >= 11 is 0. The van der Waals surface area contributed by atoms with E-state index in [1.165, 1.54) is 7.11 Å². The van der Waals surface area contributed by atoms with E-state index in [1.807, 2.05) is 6.92 Å². The van der Waals surface area contributed by atoms with E-state index in [2.05, 4.69) is 10.3 Å². The second-order valence-electron chi connectivity index (χ2n) is 7.88. The number of nitrogens with one attached hydrogen (secondary N) is 2. The predicted molar refractivity (Wildman–Crippen MR) is 131 cm³/mol. The molecule has 0 fully saturated rings. The molecule has 1 atom stereocenters. The zero-order valence-corrected chi connectivity index (χ0v) is 19.8. The quantitative estimate of drug-likeness (QED) is 0.342. The molecule has 182 valence electrons. The first kappa shape index (κ1) is 24.9. The molecule has 1 aromatic heterocycles. The van der Waals surface area contributed by atoms with E-state index < -0.39 is 6.04 Å². The number of benzene rings is 2. The number of anilines is 1. The average molecular weight is 469 g/mol. The van der Waals surface area contributed by atoms with Crippen LogP contribution in [0, 0.1) is 0 Å². The van der Waals surface area contributed by atoms with Crippen LogP contribution in [0.5, 0.6) is 17.2 Å². The number of fused-ring (bicyclic) bond motifs is 1. The van der Waals surface area contributed by atoms with Gasteiger partial charge in [-0.15, -0.1) is 0 Å². The maximum absolute atomic E-state index is 13.7. The lowest BCUT2D eigenvalue weighted by Gasteiger charge is -2.27. The topological polar surface area (TPSA) is 130 Å². The van der Waals surface area contributed by atoms with E-state index in [1.54, 1.807) is 54.6 Å². The molecule has 9 heteroatoms. The third-order valence-corrected chi connectivity index (χ3v) is 5.68. The highest BCUT2D eigenvalue weighted by molar-refractivity contribution is 6.00. The van der Waals surface area contributed by atoms with E-state index >= 15 is 0 Å². The summed E-state index contributed by atoms with van der Waals surface area (Å²) in [6.07, 6.45) is 2.81. The number of carbonyl (C=O) groups excluding carboxylic acids is 2. The molecule has 0 bridgehead atoms. The first-order valence-electron chi connectivity index (χ1n) is 11.2. The van der Waals surface area contributed by atoms with E-state index in [-0.39, 0.29) is 30.4 Å². The van der Waals surface area contributed by atoms with Crippen LogP contribution in [0.1, 0.15) is 25.3 Å². The first-order valence-corrected chi connectivity index (χ1v) is 11.2. The fraction of sp³-hybridized carbons (Fsp3) is 0.360. The zero-order valence-electron chi connectivity index (χ0n) is 19.8. The molecular formula is C25H32N4O5. The van der Waals surface area contributed by atoms with Gasteiger partial charge in [0.25, 0.3) is 0 Å². The molecule has 1 unspecified atom stereocenters. The summed E-state index contributed by atoms with van der Waals surface area (Å²) in [4.78, 5) is 31.0. The number of amides is 2. The van der Waals surface area contributed by atoms with Gasteiger partial charge in [-0.2, -0.15) is 0 Å². The minimum Gasteiger partial charge on any atom is -0.508 e. The van der Waals surface area contributed by atoms with Crippen LogP contribution in [-0.4, -0.2) is 55.3 Å². The Morgan fingerprint density at radius 3 is 2.59 bits per heavy atom. The van der Waals surface area contributed by atoms with Gasteiger partial charge in [-0.1, -0.05) is 0 Å². The SMILES string of the molecule is CCN(C(=O)C(Cc1c[nH]c2ccc(O)cc12)NC(=O)CCCN)c1ccc(OC)c(OC)c1. The number of nitrogens with two attached hydrogens (primary N) is 1. The van der Waals surface area contributed by atoms with Gasteiger partial charge in [0, 0.05) is 48.2 Å². The molecule has 0 aliphatic carbocycles. The van der Waals surface area contributed by atoms with Crippen LogP contribution < -0.4 is 25.4 Å². The van der Waals surface area contributed by atoms with Crippen molar-refractivity contribution < 1.29 is 24.2 Å². The van der Waals surface area contributed by atoms with Crippen molar-refractivity contribution in [1.82, 2.24) is 10.3 Å². The fourth-order valence-corrected chi connectivity index (χ4v) is 3.93. The number of likely N-dealkylation sites (N-methyl/N-ethyl adjacent to an activating group) is 1. The van der Waals surface area contributed by atoms with E-state index in [0.717, 1.165) is 16.5 Å². The molecule has 2 amide bonds. The lowest BCUT2D eigenvalue weighted by atomic mass is 10.0. The van der Waals surface area contributed by atoms with Crippen molar-refractivity contribution in [1.29, 1.82) is 0 Å². The van der Waals surface area contributed by atoms with Gasteiger partial charge in [-0.3, -0.25) is 9.59 Å². The number of aromatic hydroxyl groups is 1. The molecule has 9 nitrogen and oxygen atoms in total. The predicted octanol–water partition coefficient (Wildman–Crippen LogP) is 2.71. The number of methoxy groups -OCH3 is 2. The van der Waals surface area contributed by atoms with Crippen LogP contribution >= 0.6 is 0 Å². The third kappa shape index (κ3) is 5.60. The number of nitrogens with zero attached hydrogens (tertiary/aromatic N) is 1. The summed E-state index contributed by atoms with van der Waals surface area (Å²) in [5.41, 5.74) is 7.82. The van der Waals surface area contributed by atoms with Crippen molar-refractivity contribution >= 4 is 28.4 Å². The molecule has 5 N–H and O–H groups in total. The Morgan fingerprint density at radius 1 is 1.15 bits per heavy atom. The minimum atomic E-state index is -0.820. The minimum absolute atomic E-state index is 0.128. The van der Waals surface area contributed by atoms with Crippen LogP contribution in [0.3, 0.4) is 0 Å². The number of phenolic OH excluding ortho intramolecular Hbond substituents is 1. The maximum Gasteiger partial charge on any atom is 0.249 e. The number of hydrogen-bond donors (Lipinski definition) is 4. The molecule has 34 heavy (non-hydrogen) atoms. The maximum atomic E-state index is 13.7. The summed E-state index contributed by atoms with van der Waals surface area (Å²) in [6, 6.07) is 9.44. The number of aromatic nitrogens is 1. The van der Waals surface area contributed by atoms with Crippen molar-refractivity contribution in [3.8, 4) is 17.2 Å². The number of aromatic amines is 1. The van der Waals surface area contributed by atoms with Crippen LogP contribution in [0.25, 0.3) is 10.9 Å². The smallest absolute Gasteiger partial charge is 0.249 e. The zero-order chi connectivity index (χ0) is 24.7. The highest BCUT2D eigenvalue weighted by Crippen LogP contribution is 2.32. The average Bonchev–Trinajstić information content (AvgIpc) is 3.24. The summed E-state index contributed by atoms with van der Waals surface area (Å²) in [5.74, 6) is 0.686. The Labute approximate surface area is 198 Å². The number of carbonyl (C=O) groups is 2. The molecule has 3 aromatic rings. The number of H-pyrrole nitrogens is 1. The van der Waals surface area contributed by atoms with E-state index in [9.17, 15) is 14.7 Å². The van der Waals surface area contributed by atoms with Gasteiger partial charge in [-0.25, -0.2) is 0 Å². The standard InChI is InChI=1S/C25H32N4O5/c1-4-29(17-7-10-22(33-2)23(13-17)34-3)25(32)21(28-24(31)6-5-11-26)12-16-15-27-20-9-8-18(30)14-19(16)20/h7-10,13-15,21,27,30H,4-6,11-12,26H2,1-3H3,(H,28,31). The van der Waals surface area contributed by atoms with Crippen molar-refractivity contribution in [2.75, 3.05) is 32.2 Å². The summed E-state index contributed by atoms with van der Waals surface area (Å²) in [7, 11) is 3.08. The monoisotopic (exact) mass is 468 g/mol. The molecule has 0 aliphatic heterocycles. The highest BCUT2D eigenvalue weighted by Gasteiger charge is 2.28. The molecular weight excluding hydrogens is 436 g/mol. The second-order valence-corrected chi connectivity index (χ2v) is 7.88. The van der Waals surface area contributed by atoms with Crippen LogP contribution in [0.2, 0.25) is 0 Å². The number of hydrogen-bond acceptors (Lipinski definition) is 6. The molecule has 1 heterocycles. The van der Waals surface area contributed by atoms with Gasteiger partial charge >= 0.3 is 0 Å². The molecule has 0 radical (unpaired) electrons. The Bertz CT molecular complexity index is 1140. The van der Waals surface area contributed by atoms with E-state index in [4.69, 9.17) is 15.2 Å². The molecule has 0 saturated heterocycles. The molecule has 0 saturated carbocycles.